The maximum atomic E-state index is 11.3. The summed E-state index contributed by atoms with van der Waals surface area (Å²) in [5.41, 5.74) is 3.69. The average molecular weight is 445 g/mol. The molecule has 0 saturated heterocycles. The molecule has 1 heterocycles. The second kappa shape index (κ2) is 9.60. The van der Waals surface area contributed by atoms with Crippen LogP contribution >= 0.6 is 0 Å². The number of hydrogen-bond acceptors (Lipinski definition) is 7. The molecule has 10 heteroatoms. The van der Waals surface area contributed by atoms with E-state index < -0.39 is 15.5 Å². The number of ether oxygens (including phenoxy) is 1. The van der Waals surface area contributed by atoms with Crippen LogP contribution in [-0.4, -0.2) is 27.2 Å². The van der Waals surface area contributed by atoms with Gasteiger partial charge in [0.1, 0.15) is 18.0 Å². The van der Waals surface area contributed by atoms with Crippen LogP contribution in [0, 0.1) is 20.2 Å². The van der Waals surface area contributed by atoms with Gasteiger partial charge in [-0.2, -0.15) is 5.10 Å². The third kappa shape index (κ3) is 4.96. The van der Waals surface area contributed by atoms with Gasteiger partial charge in [-0.3, -0.25) is 25.7 Å². The first kappa shape index (κ1) is 21.5. The molecular weight excluding hydrogens is 426 g/mol. The van der Waals surface area contributed by atoms with E-state index in [1.165, 1.54) is 12.1 Å². The third-order valence-corrected chi connectivity index (χ3v) is 4.94. The minimum atomic E-state index is -0.691. The van der Waals surface area contributed by atoms with Gasteiger partial charge in [0.15, 0.2) is 0 Å². The van der Waals surface area contributed by atoms with Crippen molar-refractivity contribution in [3.8, 4) is 5.75 Å². The molecule has 0 amide bonds. The van der Waals surface area contributed by atoms with Crippen LogP contribution in [0.1, 0.15) is 5.56 Å². The summed E-state index contributed by atoms with van der Waals surface area (Å²) in [4.78, 5) is 20.8. The number of para-hydroxylation sites is 2. The third-order valence-electron chi connectivity index (χ3n) is 4.94. The molecule has 33 heavy (non-hydrogen) atoms. The van der Waals surface area contributed by atoms with Crippen LogP contribution in [0.2, 0.25) is 0 Å². The van der Waals surface area contributed by atoms with Crippen molar-refractivity contribution in [2.24, 2.45) is 5.10 Å². The number of fused-ring (bicyclic) bond motifs is 1. The minimum Gasteiger partial charge on any atom is -0.492 e. The van der Waals surface area contributed by atoms with Gasteiger partial charge in [0, 0.05) is 28.7 Å². The monoisotopic (exact) mass is 445 g/mol. The zero-order valence-electron chi connectivity index (χ0n) is 17.3. The molecule has 0 unspecified atom stereocenters. The number of nitro groups is 2. The molecule has 0 fully saturated rings. The first-order chi connectivity index (χ1) is 16.0. The fraction of sp³-hybridized carbons (Fsp3) is 0.0870. The van der Waals surface area contributed by atoms with E-state index in [9.17, 15) is 20.2 Å². The highest BCUT2D eigenvalue weighted by atomic mass is 16.6. The largest absolute Gasteiger partial charge is 0.492 e. The zero-order chi connectivity index (χ0) is 23.2. The maximum Gasteiger partial charge on any atom is 0.301 e. The van der Waals surface area contributed by atoms with Gasteiger partial charge < -0.3 is 9.30 Å². The Bertz CT molecular complexity index is 1330. The van der Waals surface area contributed by atoms with E-state index in [-0.39, 0.29) is 11.4 Å². The Hall–Kier alpha value is -4.73. The van der Waals surface area contributed by atoms with Crippen LogP contribution in [0.3, 0.4) is 0 Å². The standard InChI is InChI=1S/C23H19N5O5/c29-27(30)18-10-11-21(23(14-18)28(31)32)25-24-15-17-16-26(22-9-5-4-8-20(17)22)12-13-33-19-6-2-1-3-7-19/h1-11,14-16,25H,12-13H2/b24-15+. The summed E-state index contributed by atoms with van der Waals surface area (Å²) >= 11 is 0. The van der Waals surface area contributed by atoms with Crippen molar-refractivity contribution in [1.82, 2.24) is 4.57 Å². The summed E-state index contributed by atoms with van der Waals surface area (Å²) in [6.07, 6.45) is 3.48. The molecule has 166 valence electrons. The van der Waals surface area contributed by atoms with E-state index >= 15 is 0 Å². The molecular formula is C23H19N5O5. The van der Waals surface area contributed by atoms with Crippen LogP contribution in [0.25, 0.3) is 10.9 Å². The highest BCUT2D eigenvalue weighted by Gasteiger charge is 2.19. The first-order valence-electron chi connectivity index (χ1n) is 10.0. The van der Waals surface area contributed by atoms with Crippen LogP contribution in [-0.2, 0) is 6.54 Å². The van der Waals surface area contributed by atoms with Crippen molar-refractivity contribution in [1.29, 1.82) is 0 Å². The number of nitrogens with one attached hydrogen (secondary N) is 1. The Morgan fingerprint density at radius 1 is 0.970 bits per heavy atom. The predicted molar refractivity (Wildman–Crippen MR) is 125 cm³/mol. The zero-order valence-corrected chi connectivity index (χ0v) is 17.3. The summed E-state index contributed by atoms with van der Waals surface area (Å²) in [5.74, 6) is 0.796. The van der Waals surface area contributed by atoms with E-state index in [1.807, 2.05) is 65.4 Å². The Kier molecular flexibility index (Phi) is 6.26. The number of nitro benzene ring substituents is 2. The number of rotatable bonds is 9. The first-order valence-corrected chi connectivity index (χ1v) is 10.0. The minimum absolute atomic E-state index is 0.0573. The number of aromatic nitrogens is 1. The van der Waals surface area contributed by atoms with Gasteiger partial charge in [0.25, 0.3) is 5.69 Å². The van der Waals surface area contributed by atoms with Gasteiger partial charge in [-0.15, -0.1) is 0 Å². The molecule has 0 aliphatic carbocycles. The molecule has 1 N–H and O–H groups in total. The van der Waals surface area contributed by atoms with E-state index in [2.05, 4.69) is 10.5 Å². The summed E-state index contributed by atoms with van der Waals surface area (Å²) in [7, 11) is 0. The lowest BCUT2D eigenvalue weighted by Crippen LogP contribution is -2.07. The molecule has 1 aromatic heterocycles. The van der Waals surface area contributed by atoms with Gasteiger partial charge in [-0.05, 0) is 24.3 Å². The predicted octanol–water partition coefficient (Wildman–Crippen LogP) is 4.98. The van der Waals surface area contributed by atoms with Crippen molar-refractivity contribution in [2.45, 2.75) is 6.54 Å². The van der Waals surface area contributed by atoms with E-state index in [1.54, 1.807) is 6.21 Å². The fourth-order valence-electron chi connectivity index (χ4n) is 3.39. The maximum absolute atomic E-state index is 11.3. The van der Waals surface area contributed by atoms with Crippen molar-refractivity contribution in [2.75, 3.05) is 12.0 Å². The Morgan fingerprint density at radius 2 is 1.73 bits per heavy atom. The van der Waals surface area contributed by atoms with Crippen LogP contribution in [0.4, 0.5) is 17.1 Å². The lowest BCUT2D eigenvalue weighted by molar-refractivity contribution is -0.393. The van der Waals surface area contributed by atoms with E-state index in [0.717, 1.165) is 28.3 Å². The number of benzene rings is 3. The van der Waals surface area contributed by atoms with Gasteiger partial charge in [-0.25, -0.2) is 0 Å². The van der Waals surface area contributed by atoms with Gasteiger partial charge in [-0.1, -0.05) is 36.4 Å². The molecule has 10 nitrogen and oxygen atoms in total. The second-order valence-electron chi connectivity index (χ2n) is 7.04. The number of non-ortho nitro benzene ring substituents is 1. The van der Waals surface area contributed by atoms with Crippen molar-refractivity contribution < 1.29 is 14.6 Å². The molecule has 0 atom stereocenters. The van der Waals surface area contributed by atoms with E-state index in [0.29, 0.717) is 13.2 Å². The summed E-state index contributed by atoms with van der Waals surface area (Å²) in [5, 5.41) is 27.3. The highest BCUT2D eigenvalue weighted by molar-refractivity contribution is 5.99. The van der Waals surface area contributed by atoms with Gasteiger partial charge >= 0.3 is 5.69 Å². The smallest absolute Gasteiger partial charge is 0.301 e. The molecule has 0 aliphatic heterocycles. The van der Waals surface area contributed by atoms with E-state index in [4.69, 9.17) is 4.74 Å². The summed E-state index contributed by atoms with van der Waals surface area (Å²) in [6, 6.07) is 20.7. The van der Waals surface area contributed by atoms with Gasteiger partial charge in [0.2, 0.25) is 0 Å². The lowest BCUT2D eigenvalue weighted by atomic mass is 10.2. The molecule has 0 saturated carbocycles. The normalized spacial score (nSPS) is 11.0. The number of anilines is 1. The molecule has 4 rings (SSSR count). The number of hydrogen-bond donors (Lipinski definition) is 1. The van der Waals surface area contributed by atoms with Crippen LogP contribution in [0.15, 0.2) is 84.1 Å². The Morgan fingerprint density at radius 3 is 2.48 bits per heavy atom. The summed E-state index contributed by atoms with van der Waals surface area (Å²) < 4.78 is 7.84. The topological polar surface area (TPSA) is 125 Å². The fourth-order valence-corrected chi connectivity index (χ4v) is 3.39. The number of nitrogens with zero attached hydrogens (tertiary/aromatic N) is 4. The molecule has 0 bridgehead atoms. The Labute approximate surface area is 188 Å². The molecule has 0 aliphatic rings. The highest BCUT2D eigenvalue weighted by Crippen LogP contribution is 2.29. The second-order valence-corrected chi connectivity index (χ2v) is 7.04. The van der Waals surface area contributed by atoms with Crippen LogP contribution < -0.4 is 10.2 Å². The molecule has 4 aromatic rings. The van der Waals surface area contributed by atoms with Crippen molar-refractivity contribution in [3.05, 3.63) is 105 Å². The molecule has 3 aromatic carbocycles. The molecule has 0 radical (unpaired) electrons. The number of hydrazone groups is 1. The molecule has 0 spiro atoms. The SMILES string of the molecule is O=[N+]([O-])c1ccc(N/N=C/c2cn(CCOc3ccccc3)c3ccccc23)c([N+](=O)[O-])c1. The summed E-state index contributed by atoms with van der Waals surface area (Å²) in [6.45, 7) is 1.09. The lowest BCUT2D eigenvalue weighted by Gasteiger charge is -2.08. The van der Waals surface area contributed by atoms with Crippen LogP contribution in [0.5, 0.6) is 5.75 Å². The Balaban J connectivity index is 1.52. The van der Waals surface area contributed by atoms with Crippen molar-refractivity contribution in [3.63, 3.8) is 0 Å². The quantitative estimate of drug-likeness (QED) is 0.220. The van der Waals surface area contributed by atoms with Gasteiger partial charge in [0.05, 0.1) is 28.7 Å². The van der Waals surface area contributed by atoms with Crippen molar-refractivity contribution >= 4 is 34.2 Å². The average Bonchev–Trinajstić information content (AvgIpc) is 3.17.